The predicted octanol–water partition coefficient (Wildman–Crippen LogP) is 1.11. The summed E-state index contributed by atoms with van der Waals surface area (Å²) in [6.07, 6.45) is 0. The zero-order chi connectivity index (χ0) is 14.4. The van der Waals surface area contributed by atoms with Crippen molar-refractivity contribution < 1.29 is 14.8 Å². The van der Waals surface area contributed by atoms with Crippen LogP contribution in [0.15, 0.2) is 23.3 Å². The van der Waals surface area contributed by atoms with Crippen molar-refractivity contribution >= 4 is 23.1 Å². The first-order valence-electron chi connectivity index (χ1n) is 4.65. The van der Waals surface area contributed by atoms with E-state index in [2.05, 4.69) is 10.5 Å². The summed E-state index contributed by atoms with van der Waals surface area (Å²) in [6, 6.07) is 6.02. The molecule has 0 unspecified atom stereocenters. The summed E-state index contributed by atoms with van der Waals surface area (Å²) in [5.74, 6) is -1.31. The number of nitro benzene ring substituents is 1. The van der Waals surface area contributed by atoms with Crippen LogP contribution in [0.5, 0.6) is 0 Å². The summed E-state index contributed by atoms with van der Waals surface area (Å²) in [6.45, 7) is 0. The summed E-state index contributed by atoms with van der Waals surface area (Å²) >= 11 is 0. The van der Waals surface area contributed by atoms with Crippen LogP contribution in [0.25, 0.3) is 0 Å². The van der Waals surface area contributed by atoms with Gasteiger partial charge in [-0.1, -0.05) is 0 Å². The first kappa shape index (κ1) is 13.6. The van der Waals surface area contributed by atoms with Gasteiger partial charge in [0.25, 0.3) is 5.69 Å². The molecular formula is C10H5N5O4. The molecule has 0 heterocycles. The van der Waals surface area contributed by atoms with E-state index in [0.29, 0.717) is 0 Å². The normalized spacial score (nSPS) is 8.74. The fourth-order valence-corrected chi connectivity index (χ4v) is 1.10. The standard InChI is InChI=1S/C10H5N5O4/c11-4-7(5-12)13-14-8-2-1-6(10(16)17)3-9(8)15(18)19/h1-3,14H,(H,16,17). The number of carboxylic acids is 1. The lowest BCUT2D eigenvalue weighted by atomic mass is 10.2. The number of nitro groups is 1. The molecule has 0 spiro atoms. The number of rotatable bonds is 4. The molecule has 0 aliphatic heterocycles. The van der Waals surface area contributed by atoms with Gasteiger partial charge in [0.15, 0.2) is 0 Å². The number of carbonyl (C=O) groups is 1. The van der Waals surface area contributed by atoms with E-state index in [1.807, 2.05) is 0 Å². The minimum Gasteiger partial charge on any atom is -0.478 e. The third-order valence-corrected chi connectivity index (χ3v) is 1.94. The molecule has 0 fully saturated rings. The molecule has 0 aliphatic rings. The molecule has 9 nitrogen and oxygen atoms in total. The van der Waals surface area contributed by atoms with E-state index in [9.17, 15) is 14.9 Å². The van der Waals surface area contributed by atoms with E-state index in [-0.39, 0.29) is 11.3 Å². The number of nitrogens with zero attached hydrogens (tertiary/aromatic N) is 4. The van der Waals surface area contributed by atoms with Crippen LogP contribution in [-0.2, 0) is 0 Å². The quantitative estimate of drug-likeness (QED) is 0.466. The second kappa shape index (κ2) is 5.75. The lowest BCUT2D eigenvalue weighted by Gasteiger charge is -2.02. The maximum atomic E-state index is 10.8. The Morgan fingerprint density at radius 1 is 1.42 bits per heavy atom. The van der Waals surface area contributed by atoms with E-state index in [4.69, 9.17) is 15.6 Å². The second-order valence-corrected chi connectivity index (χ2v) is 3.09. The molecular weight excluding hydrogens is 254 g/mol. The van der Waals surface area contributed by atoms with E-state index >= 15 is 0 Å². The third kappa shape index (κ3) is 3.25. The van der Waals surface area contributed by atoms with Gasteiger partial charge in [-0.2, -0.15) is 15.6 Å². The van der Waals surface area contributed by atoms with Gasteiger partial charge in [-0.05, 0) is 12.1 Å². The van der Waals surface area contributed by atoms with Crippen molar-refractivity contribution in [2.24, 2.45) is 5.10 Å². The summed E-state index contributed by atoms with van der Waals surface area (Å²) in [4.78, 5) is 20.7. The highest BCUT2D eigenvalue weighted by atomic mass is 16.6. The van der Waals surface area contributed by atoms with Crippen LogP contribution in [-0.4, -0.2) is 21.7 Å². The van der Waals surface area contributed by atoms with Crippen molar-refractivity contribution in [2.75, 3.05) is 5.43 Å². The summed E-state index contributed by atoms with van der Waals surface area (Å²) in [5.41, 5.74) is 0.736. The number of anilines is 1. The Labute approximate surface area is 106 Å². The molecule has 9 heteroatoms. The Bertz CT molecular complexity index is 637. The lowest BCUT2D eigenvalue weighted by molar-refractivity contribution is -0.384. The minimum atomic E-state index is -1.31. The Kier molecular flexibility index (Phi) is 4.11. The Hall–Kier alpha value is -3.46. The van der Waals surface area contributed by atoms with Gasteiger partial charge >= 0.3 is 5.97 Å². The summed E-state index contributed by atoms with van der Waals surface area (Å²) < 4.78 is 0. The highest BCUT2D eigenvalue weighted by Crippen LogP contribution is 2.25. The number of carboxylic acid groups (broad SMARTS) is 1. The minimum absolute atomic E-state index is 0.127. The number of nitriles is 2. The monoisotopic (exact) mass is 259 g/mol. The van der Waals surface area contributed by atoms with Gasteiger partial charge in [0.2, 0.25) is 5.71 Å². The predicted molar refractivity (Wildman–Crippen MR) is 62.3 cm³/mol. The molecule has 0 atom stereocenters. The highest BCUT2D eigenvalue weighted by Gasteiger charge is 2.17. The third-order valence-electron chi connectivity index (χ3n) is 1.94. The lowest BCUT2D eigenvalue weighted by Crippen LogP contribution is -2.03. The molecule has 0 radical (unpaired) electrons. The van der Waals surface area contributed by atoms with Crippen molar-refractivity contribution in [2.45, 2.75) is 0 Å². The van der Waals surface area contributed by atoms with Gasteiger partial charge < -0.3 is 5.11 Å². The molecule has 0 saturated heterocycles. The molecule has 1 aromatic carbocycles. The molecule has 94 valence electrons. The van der Waals surface area contributed by atoms with E-state index in [1.54, 1.807) is 0 Å². The van der Waals surface area contributed by atoms with Crippen molar-refractivity contribution in [3.05, 3.63) is 33.9 Å². The number of hydrogen-bond acceptors (Lipinski definition) is 7. The van der Waals surface area contributed by atoms with Crippen LogP contribution in [0.1, 0.15) is 10.4 Å². The summed E-state index contributed by atoms with van der Waals surface area (Å²) in [7, 11) is 0. The molecule has 0 aromatic heterocycles. The molecule has 1 aromatic rings. The fraction of sp³-hybridized carbons (Fsp3) is 0. The van der Waals surface area contributed by atoms with Gasteiger partial charge in [0.1, 0.15) is 17.8 Å². The first-order valence-corrected chi connectivity index (χ1v) is 4.65. The largest absolute Gasteiger partial charge is 0.478 e. The van der Waals surface area contributed by atoms with Crippen molar-refractivity contribution in [1.82, 2.24) is 0 Å². The van der Waals surface area contributed by atoms with E-state index in [0.717, 1.165) is 18.2 Å². The number of hydrogen-bond donors (Lipinski definition) is 2. The SMILES string of the molecule is N#CC(C#N)=NNc1ccc(C(=O)O)cc1[N+](=O)[O-]. The summed E-state index contributed by atoms with van der Waals surface area (Å²) in [5, 5.41) is 39.7. The van der Waals surface area contributed by atoms with Gasteiger partial charge in [-0.25, -0.2) is 4.79 Å². The zero-order valence-electron chi connectivity index (χ0n) is 9.19. The van der Waals surface area contributed by atoms with E-state index < -0.39 is 22.3 Å². The number of nitrogens with one attached hydrogen (secondary N) is 1. The number of aromatic carboxylic acids is 1. The Morgan fingerprint density at radius 2 is 2.05 bits per heavy atom. The average Bonchev–Trinajstić information content (AvgIpc) is 2.39. The van der Waals surface area contributed by atoms with Gasteiger partial charge in [0.05, 0.1) is 10.5 Å². The Balaban J connectivity index is 3.19. The molecule has 1 rings (SSSR count). The molecule has 0 bridgehead atoms. The highest BCUT2D eigenvalue weighted by molar-refractivity contribution is 6.10. The van der Waals surface area contributed by atoms with Crippen molar-refractivity contribution in [1.29, 1.82) is 10.5 Å². The van der Waals surface area contributed by atoms with Crippen LogP contribution in [0.3, 0.4) is 0 Å². The number of benzene rings is 1. The Morgan fingerprint density at radius 3 is 2.53 bits per heavy atom. The van der Waals surface area contributed by atoms with Gasteiger partial charge in [-0.3, -0.25) is 15.5 Å². The molecule has 0 aliphatic carbocycles. The average molecular weight is 259 g/mol. The number of hydrazone groups is 1. The molecule has 2 N–H and O–H groups in total. The maximum absolute atomic E-state index is 10.8. The van der Waals surface area contributed by atoms with E-state index in [1.165, 1.54) is 12.1 Å². The first-order chi connectivity index (χ1) is 8.99. The molecule has 0 saturated carbocycles. The topological polar surface area (TPSA) is 152 Å². The zero-order valence-corrected chi connectivity index (χ0v) is 9.19. The van der Waals surface area contributed by atoms with Crippen LogP contribution >= 0.6 is 0 Å². The van der Waals surface area contributed by atoms with Crippen LogP contribution < -0.4 is 5.43 Å². The second-order valence-electron chi connectivity index (χ2n) is 3.09. The smallest absolute Gasteiger partial charge is 0.335 e. The molecule has 19 heavy (non-hydrogen) atoms. The van der Waals surface area contributed by atoms with Gasteiger partial charge in [0, 0.05) is 6.07 Å². The van der Waals surface area contributed by atoms with Crippen LogP contribution in [0.2, 0.25) is 0 Å². The van der Waals surface area contributed by atoms with Crippen LogP contribution in [0.4, 0.5) is 11.4 Å². The van der Waals surface area contributed by atoms with Crippen molar-refractivity contribution in [3.8, 4) is 12.1 Å². The van der Waals surface area contributed by atoms with Gasteiger partial charge in [-0.15, -0.1) is 0 Å². The molecule has 0 amide bonds. The maximum Gasteiger partial charge on any atom is 0.335 e. The van der Waals surface area contributed by atoms with Crippen LogP contribution in [0, 0.1) is 32.8 Å². The fourth-order valence-electron chi connectivity index (χ4n) is 1.10. The van der Waals surface area contributed by atoms with Crippen molar-refractivity contribution in [3.63, 3.8) is 0 Å².